The summed E-state index contributed by atoms with van der Waals surface area (Å²) in [6.07, 6.45) is -4.93. The van der Waals surface area contributed by atoms with Gasteiger partial charge in [0.2, 0.25) is 5.91 Å². The summed E-state index contributed by atoms with van der Waals surface area (Å²) in [5.41, 5.74) is 10.1. The van der Waals surface area contributed by atoms with E-state index in [0.29, 0.717) is 0 Å². The molecule has 0 bridgehead atoms. The first-order valence-electron chi connectivity index (χ1n) is 5.83. The first-order chi connectivity index (χ1) is 9.58. The Labute approximate surface area is 118 Å². The van der Waals surface area contributed by atoms with Gasteiger partial charge in [-0.2, -0.15) is 0 Å². The molecule has 6 nitrogen and oxygen atoms in total. The second-order valence-corrected chi connectivity index (χ2v) is 4.35. The molecular weight excluding hydrogens is 291 g/mol. The molecule has 5 N–H and O–H groups in total. The molecule has 0 fully saturated rings. The summed E-state index contributed by atoms with van der Waals surface area (Å²) in [6.45, 7) is 1.56. The topological polar surface area (TPSA) is 107 Å². The molecule has 1 rings (SSSR count). The number of nitrogens with two attached hydrogens (primary N) is 2. The lowest BCUT2D eigenvalue weighted by Gasteiger charge is -2.14. The number of hydrogen-bond donors (Lipinski definition) is 3. The van der Waals surface area contributed by atoms with Gasteiger partial charge in [0.25, 0.3) is 5.91 Å². The summed E-state index contributed by atoms with van der Waals surface area (Å²) >= 11 is 0. The second kappa shape index (κ2) is 6.33. The Balaban J connectivity index is 2.79. The standard InChI is InChI=1S/C12H14F3N3O3/c1-6(4-10(17)19)18-11(20)7-2-3-9(8(16)5-7)21-12(13,14)15/h2-3,5-6H,4,16H2,1H3,(H2,17,19)(H,18,20). The van der Waals surface area contributed by atoms with Crippen LogP contribution in [0.1, 0.15) is 23.7 Å². The number of anilines is 1. The summed E-state index contributed by atoms with van der Waals surface area (Å²) < 4.78 is 39.9. The fourth-order valence-electron chi connectivity index (χ4n) is 1.57. The van der Waals surface area contributed by atoms with Gasteiger partial charge in [-0.1, -0.05) is 0 Å². The van der Waals surface area contributed by atoms with E-state index in [0.717, 1.165) is 18.2 Å². The van der Waals surface area contributed by atoms with E-state index in [4.69, 9.17) is 11.5 Å². The summed E-state index contributed by atoms with van der Waals surface area (Å²) in [5, 5.41) is 2.46. The predicted molar refractivity (Wildman–Crippen MR) is 68.3 cm³/mol. The number of carbonyl (C=O) groups excluding carboxylic acids is 2. The van der Waals surface area contributed by atoms with Crippen molar-refractivity contribution in [3.8, 4) is 5.75 Å². The molecule has 1 aromatic carbocycles. The highest BCUT2D eigenvalue weighted by Gasteiger charge is 2.32. The fraction of sp³-hybridized carbons (Fsp3) is 0.333. The minimum atomic E-state index is -4.87. The lowest BCUT2D eigenvalue weighted by atomic mass is 10.1. The number of amides is 2. The zero-order valence-corrected chi connectivity index (χ0v) is 11.0. The van der Waals surface area contributed by atoms with Crippen LogP contribution in [-0.4, -0.2) is 24.2 Å². The van der Waals surface area contributed by atoms with Gasteiger partial charge in [-0.3, -0.25) is 9.59 Å². The Morgan fingerprint density at radius 3 is 2.48 bits per heavy atom. The predicted octanol–water partition coefficient (Wildman–Crippen LogP) is 1.16. The van der Waals surface area contributed by atoms with Gasteiger partial charge in [0.15, 0.2) is 5.75 Å². The van der Waals surface area contributed by atoms with Gasteiger partial charge in [-0.15, -0.1) is 13.2 Å². The van der Waals surface area contributed by atoms with Crippen molar-refractivity contribution in [2.45, 2.75) is 25.7 Å². The molecule has 116 valence electrons. The third kappa shape index (κ3) is 5.59. The van der Waals surface area contributed by atoms with E-state index in [2.05, 4.69) is 10.1 Å². The number of benzene rings is 1. The van der Waals surface area contributed by atoms with Crippen molar-refractivity contribution in [1.82, 2.24) is 5.32 Å². The molecule has 2 amide bonds. The number of alkyl halides is 3. The maximum atomic E-state index is 12.1. The first-order valence-corrected chi connectivity index (χ1v) is 5.83. The van der Waals surface area contributed by atoms with E-state index in [9.17, 15) is 22.8 Å². The maximum absolute atomic E-state index is 12.1. The summed E-state index contributed by atoms with van der Waals surface area (Å²) in [6, 6.07) is 2.61. The highest BCUT2D eigenvalue weighted by Crippen LogP contribution is 2.28. The Kier molecular flexibility index (Phi) is 5.01. The van der Waals surface area contributed by atoms with Crippen LogP contribution in [0.5, 0.6) is 5.75 Å². The van der Waals surface area contributed by atoms with Gasteiger partial charge >= 0.3 is 6.36 Å². The van der Waals surface area contributed by atoms with Crippen molar-refractivity contribution in [3.63, 3.8) is 0 Å². The van der Waals surface area contributed by atoms with Crippen molar-refractivity contribution in [2.24, 2.45) is 5.73 Å². The monoisotopic (exact) mass is 305 g/mol. The number of hydrogen-bond acceptors (Lipinski definition) is 4. The molecule has 21 heavy (non-hydrogen) atoms. The molecule has 9 heteroatoms. The molecule has 0 aromatic heterocycles. The molecule has 0 aliphatic heterocycles. The van der Waals surface area contributed by atoms with Crippen LogP contribution in [0.15, 0.2) is 18.2 Å². The van der Waals surface area contributed by atoms with E-state index in [1.165, 1.54) is 0 Å². The number of ether oxygens (including phenoxy) is 1. The van der Waals surface area contributed by atoms with Crippen LogP contribution in [0.4, 0.5) is 18.9 Å². The van der Waals surface area contributed by atoms with E-state index >= 15 is 0 Å². The van der Waals surface area contributed by atoms with E-state index in [1.54, 1.807) is 6.92 Å². The molecule has 0 spiro atoms. The SMILES string of the molecule is CC(CC(N)=O)NC(=O)c1ccc(OC(F)(F)F)c(N)c1. The third-order valence-corrected chi connectivity index (χ3v) is 2.38. The van der Waals surface area contributed by atoms with E-state index in [-0.39, 0.29) is 17.7 Å². The molecule has 0 saturated carbocycles. The molecule has 0 radical (unpaired) electrons. The molecule has 1 atom stereocenters. The van der Waals surface area contributed by atoms with Crippen molar-refractivity contribution in [1.29, 1.82) is 0 Å². The molecule has 0 saturated heterocycles. The Morgan fingerprint density at radius 1 is 1.38 bits per heavy atom. The lowest BCUT2D eigenvalue weighted by molar-refractivity contribution is -0.274. The fourth-order valence-corrected chi connectivity index (χ4v) is 1.57. The van der Waals surface area contributed by atoms with Crippen LogP contribution in [0, 0.1) is 0 Å². The average Bonchev–Trinajstić information content (AvgIpc) is 2.28. The van der Waals surface area contributed by atoms with Gasteiger partial charge in [0, 0.05) is 18.0 Å². The zero-order chi connectivity index (χ0) is 16.2. The molecule has 1 aromatic rings. The normalized spacial score (nSPS) is 12.6. The summed E-state index contributed by atoms with van der Waals surface area (Å²) in [7, 11) is 0. The van der Waals surface area contributed by atoms with E-state index < -0.39 is 30.0 Å². The van der Waals surface area contributed by atoms with Crippen LogP contribution >= 0.6 is 0 Å². The van der Waals surface area contributed by atoms with Crippen molar-refractivity contribution in [2.75, 3.05) is 5.73 Å². The second-order valence-electron chi connectivity index (χ2n) is 4.35. The van der Waals surface area contributed by atoms with E-state index in [1.807, 2.05) is 0 Å². The Morgan fingerprint density at radius 2 is 2.00 bits per heavy atom. The average molecular weight is 305 g/mol. The van der Waals surface area contributed by atoms with Crippen LogP contribution in [0.3, 0.4) is 0 Å². The number of primary amides is 1. The summed E-state index contributed by atoms with van der Waals surface area (Å²) in [4.78, 5) is 22.5. The quantitative estimate of drug-likeness (QED) is 0.709. The number of nitrogen functional groups attached to an aromatic ring is 1. The van der Waals surface area contributed by atoms with Gasteiger partial charge in [0.05, 0.1) is 5.69 Å². The van der Waals surface area contributed by atoms with Crippen molar-refractivity contribution < 1.29 is 27.5 Å². The number of nitrogens with one attached hydrogen (secondary N) is 1. The number of halogens is 3. The zero-order valence-electron chi connectivity index (χ0n) is 11.0. The lowest BCUT2D eigenvalue weighted by Crippen LogP contribution is -2.35. The third-order valence-electron chi connectivity index (χ3n) is 2.38. The highest BCUT2D eigenvalue weighted by atomic mass is 19.4. The van der Waals surface area contributed by atoms with Crippen LogP contribution < -0.4 is 21.5 Å². The minimum absolute atomic E-state index is 0.0401. The maximum Gasteiger partial charge on any atom is 0.573 e. The molecule has 0 aliphatic rings. The van der Waals surface area contributed by atoms with Crippen LogP contribution in [-0.2, 0) is 4.79 Å². The Hall–Kier alpha value is -2.45. The number of carbonyl (C=O) groups is 2. The smallest absolute Gasteiger partial charge is 0.404 e. The van der Waals surface area contributed by atoms with Crippen molar-refractivity contribution in [3.05, 3.63) is 23.8 Å². The van der Waals surface area contributed by atoms with Gasteiger partial charge in [-0.05, 0) is 25.1 Å². The molecule has 0 heterocycles. The van der Waals surface area contributed by atoms with Gasteiger partial charge < -0.3 is 21.5 Å². The minimum Gasteiger partial charge on any atom is -0.404 e. The van der Waals surface area contributed by atoms with Gasteiger partial charge in [-0.25, -0.2) is 0 Å². The Bertz CT molecular complexity index is 546. The van der Waals surface area contributed by atoms with Crippen molar-refractivity contribution >= 4 is 17.5 Å². The van der Waals surface area contributed by atoms with Crippen LogP contribution in [0.2, 0.25) is 0 Å². The molecular formula is C12H14F3N3O3. The largest absolute Gasteiger partial charge is 0.573 e. The highest BCUT2D eigenvalue weighted by molar-refractivity contribution is 5.95. The summed E-state index contributed by atoms with van der Waals surface area (Å²) in [5.74, 6) is -1.77. The first kappa shape index (κ1) is 16.6. The van der Waals surface area contributed by atoms with Crippen LogP contribution in [0.25, 0.3) is 0 Å². The molecule has 0 aliphatic carbocycles. The van der Waals surface area contributed by atoms with Gasteiger partial charge in [0.1, 0.15) is 0 Å². The number of rotatable bonds is 5. The molecule has 1 unspecified atom stereocenters.